The van der Waals surface area contributed by atoms with Gasteiger partial charge in [-0.25, -0.2) is 0 Å². The first-order valence-corrected chi connectivity index (χ1v) is 10.3. The lowest BCUT2D eigenvalue weighted by Gasteiger charge is -2.16. The molecule has 0 aromatic heterocycles. The summed E-state index contributed by atoms with van der Waals surface area (Å²) in [5, 5.41) is 5.86. The van der Waals surface area contributed by atoms with Crippen molar-refractivity contribution in [2.45, 2.75) is 64.1 Å². The van der Waals surface area contributed by atoms with Crippen molar-refractivity contribution in [2.75, 3.05) is 5.75 Å². The summed E-state index contributed by atoms with van der Waals surface area (Å²) in [5.74, 6) is 1.16. The van der Waals surface area contributed by atoms with Crippen molar-refractivity contribution in [1.29, 1.82) is 0 Å². The van der Waals surface area contributed by atoms with Crippen LogP contribution in [0.3, 0.4) is 0 Å². The van der Waals surface area contributed by atoms with Gasteiger partial charge in [0.25, 0.3) is 6.47 Å². The molecule has 4 nitrogen and oxygen atoms in total. The van der Waals surface area contributed by atoms with Gasteiger partial charge in [0.1, 0.15) is 5.60 Å². The van der Waals surface area contributed by atoms with Crippen LogP contribution in [-0.4, -0.2) is 35.6 Å². The molecule has 1 fully saturated rings. The number of rotatable bonds is 4. The Labute approximate surface area is 161 Å². The summed E-state index contributed by atoms with van der Waals surface area (Å²) >= 11 is 1.86. The summed E-state index contributed by atoms with van der Waals surface area (Å²) in [6.45, 7) is 5.92. The Morgan fingerprint density at radius 2 is 2.04 bits per heavy atom. The number of benzene rings is 1. The Balaban J connectivity index is 0.000000298. The molecule has 0 bridgehead atoms. The summed E-state index contributed by atoms with van der Waals surface area (Å²) in [4.78, 5) is 14.2. The van der Waals surface area contributed by atoms with Crippen LogP contribution in [0.5, 0.6) is 0 Å². The molecular weight excluding hydrogens is 344 g/mol. The van der Waals surface area contributed by atoms with Gasteiger partial charge in [-0.1, -0.05) is 30.3 Å². The molecule has 1 unspecified atom stereocenters. The minimum absolute atomic E-state index is 0.318. The fourth-order valence-electron chi connectivity index (χ4n) is 3.02. The molecule has 0 spiro atoms. The maximum absolute atomic E-state index is 9.60. The Hall–Kier alpha value is -1.59. The first-order valence-electron chi connectivity index (χ1n) is 9.22. The van der Waals surface area contributed by atoms with Gasteiger partial charge in [0.05, 0.1) is 0 Å². The van der Waals surface area contributed by atoms with Gasteiger partial charge < -0.3 is 10.1 Å². The molecule has 3 rings (SSSR count). The number of thioether (sulfide) groups is 1. The van der Waals surface area contributed by atoms with E-state index in [9.17, 15) is 4.79 Å². The molecule has 1 aromatic rings. The zero-order valence-electron chi connectivity index (χ0n) is 16.0. The third kappa shape index (κ3) is 7.75. The lowest BCUT2D eigenvalue weighted by atomic mass is 10.0. The largest absolute Gasteiger partial charge is 0.462 e. The fourth-order valence-corrected chi connectivity index (χ4v) is 3.63. The van der Waals surface area contributed by atoms with Crippen molar-refractivity contribution in [3.8, 4) is 0 Å². The van der Waals surface area contributed by atoms with Crippen LogP contribution in [0, 0.1) is 0 Å². The van der Waals surface area contributed by atoms with Gasteiger partial charge in [0.2, 0.25) is 0 Å². The SMILES string of the molecule is C1=CSCCC([C@H]2CCC(Cc3ccccc3)N2)=N1.CC(C)(C)OC=O. The highest BCUT2D eigenvalue weighted by Gasteiger charge is 2.27. The lowest BCUT2D eigenvalue weighted by molar-refractivity contribution is -0.138. The van der Waals surface area contributed by atoms with E-state index in [1.807, 2.05) is 38.7 Å². The third-order valence-electron chi connectivity index (χ3n) is 4.24. The topological polar surface area (TPSA) is 50.7 Å². The Morgan fingerprint density at radius 3 is 2.69 bits per heavy atom. The number of carbonyl (C=O) groups excluding carboxylic acids is 1. The molecule has 0 amide bonds. The number of aliphatic imine (C=N–C) groups is 1. The molecular formula is C21H30N2O2S. The van der Waals surface area contributed by atoms with Crippen molar-refractivity contribution < 1.29 is 9.53 Å². The maximum atomic E-state index is 9.60. The number of nitrogens with zero attached hydrogens (tertiary/aromatic N) is 1. The molecule has 26 heavy (non-hydrogen) atoms. The zero-order valence-corrected chi connectivity index (χ0v) is 16.8. The molecule has 2 aliphatic heterocycles. The highest BCUT2D eigenvalue weighted by molar-refractivity contribution is 8.02. The fraction of sp³-hybridized carbons (Fsp3) is 0.524. The van der Waals surface area contributed by atoms with Gasteiger partial charge in [-0.3, -0.25) is 9.79 Å². The molecule has 0 saturated carbocycles. The average Bonchev–Trinajstić information content (AvgIpc) is 2.89. The molecule has 5 heteroatoms. The Morgan fingerprint density at radius 1 is 1.27 bits per heavy atom. The zero-order chi connectivity index (χ0) is 18.8. The van der Waals surface area contributed by atoms with Crippen molar-refractivity contribution >= 4 is 23.9 Å². The summed E-state index contributed by atoms with van der Waals surface area (Å²) in [6.07, 6.45) is 6.70. The van der Waals surface area contributed by atoms with E-state index in [-0.39, 0.29) is 5.60 Å². The van der Waals surface area contributed by atoms with E-state index in [0.717, 1.165) is 18.6 Å². The summed E-state index contributed by atoms with van der Waals surface area (Å²) in [5.41, 5.74) is 2.46. The Bertz CT molecular complexity index is 608. The molecule has 1 aromatic carbocycles. The van der Waals surface area contributed by atoms with E-state index < -0.39 is 0 Å². The summed E-state index contributed by atoms with van der Waals surface area (Å²) < 4.78 is 4.55. The van der Waals surface area contributed by atoms with Gasteiger partial charge >= 0.3 is 0 Å². The second-order valence-corrected chi connectivity index (χ2v) is 8.55. The number of ether oxygens (including phenoxy) is 1. The van der Waals surface area contributed by atoms with Gasteiger partial charge in [0, 0.05) is 29.7 Å². The Kier molecular flexibility index (Phi) is 8.39. The predicted molar refractivity (Wildman–Crippen MR) is 111 cm³/mol. The van der Waals surface area contributed by atoms with Gasteiger partial charge in [-0.15, -0.1) is 11.8 Å². The highest BCUT2D eigenvalue weighted by atomic mass is 32.2. The van der Waals surface area contributed by atoms with E-state index in [1.54, 1.807) is 0 Å². The average molecular weight is 375 g/mol. The van der Waals surface area contributed by atoms with Crippen LogP contribution in [0.15, 0.2) is 46.9 Å². The van der Waals surface area contributed by atoms with Crippen LogP contribution in [0.1, 0.15) is 45.6 Å². The predicted octanol–water partition coefficient (Wildman–Crippen LogP) is 4.36. The number of hydrogen-bond acceptors (Lipinski definition) is 5. The number of carbonyl (C=O) groups is 1. The molecule has 0 radical (unpaired) electrons. The minimum atomic E-state index is -0.318. The molecule has 2 aliphatic rings. The molecule has 1 saturated heterocycles. The van der Waals surface area contributed by atoms with Gasteiger partial charge in [-0.05, 0) is 57.4 Å². The molecule has 142 valence electrons. The van der Waals surface area contributed by atoms with Crippen LogP contribution in [-0.2, 0) is 16.0 Å². The highest BCUT2D eigenvalue weighted by Crippen LogP contribution is 2.21. The van der Waals surface area contributed by atoms with E-state index in [2.05, 4.69) is 50.8 Å². The molecule has 2 atom stereocenters. The second kappa shape index (κ2) is 10.5. The van der Waals surface area contributed by atoms with E-state index in [0.29, 0.717) is 18.6 Å². The maximum Gasteiger partial charge on any atom is 0.293 e. The standard InChI is InChI=1S/C16H20N2S.C5H10O2/c1-2-4-13(5-3-1)12-14-6-7-16(18-14)15-8-10-19-11-9-17-15;1-5(2,3)7-4-6/h1-5,9,11,14,16,18H,6-8,10,12H2;4H,1-3H3/t14?,16-;/m1./s1. The molecule has 1 N–H and O–H groups in total. The van der Waals surface area contributed by atoms with Gasteiger partial charge in [0.15, 0.2) is 0 Å². The monoisotopic (exact) mass is 374 g/mol. The third-order valence-corrected chi connectivity index (χ3v) is 5.00. The van der Waals surface area contributed by atoms with Crippen molar-refractivity contribution in [2.24, 2.45) is 4.99 Å². The molecule has 2 heterocycles. The van der Waals surface area contributed by atoms with E-state index in [1.165, 1.54) is 24.1 Å². The van der Waals surface area contributed by atoms with Crippen molar-refractivity contribution in [3.63, 3.8) is 0 Å². The smallest absolute Gasteiger partial charge is 0.293 e. The van der Waals surface area contributed by atoms with Crippen LogP contribution >= 0.6 is 11.8 Å². The summed E-state index contributed by atoms with van der Waals surface area (Å²) in [6, 6.07) is 11.9. The second-order valence-electron chi connectivity index (χ2n) is 7.54. The quantitative estimate of drug-likeness (QED) is 0.796. The van der Waals surface area contributed by atoms with Crippen LogP contribution in [0.2, 0.25) is 0 Å². The minimum Gasteiger partial charge on any atom is -0.462 e. The van der Waals surface area contributed by atoms with Crippen LogP contribution < -0.4 is 5.32 Å². The van der Waals surface area contributed by atoms with Crippen LogP contribution in [0.25, 0.3) is 0 Å². The number of hydrogen-bond donors (Lipinski definition) is 1. The van der Waals surface area contributed by atoms with Crippen molar-refractivity contribution in [3.05, 3.63) is 47.5 Å². The first kappa shape index (κ1) is 20.7. The van der Waals surface area contributed by atoms with E-state index in [4.69, 9.17) is 0 Å². The molecule has 0 aliphatic carbocycles. The normalized spacial score (nSPS) is 22.7. The lowest BCUT2D eigenvalue weighted by Crippen LogP contribution is -2.36. The van der Waals surface area contributed by atoms with E-state index >= 15 is 0 Å². The van der Waals surface area contributed by atoms with Gasteiger partial charge in [-0.2, -0.15) is 0 Å². The van der Waals surface area contributed by atoms with Crippen molar-refractivity contribution in [1.82, 2.24) is 5.32 Å². The van der Waals surface area contributed by atoms with Crippen LogP contribution in [0.4, 0.5) is 0 Å². The summed E-state index contributed by atoms with van der Waals surface area (Å²) in [7, 11) is 0. The first-order chi connectivity index (χ1) is 12.5. The number of nitrogens with one attached hydrogen (secondary N) is 1.